The summed E-state index contributed by atoms with van der Waals surface area (Å²) in [6, 6.07) is 0. The summed E-state index contributed by atoms with van der Waals surface area (Å²) in [7, 11) is 0. The SMILES string of the molecule is C=CCNc1nnc(SCC(=O)NCC(C)(C)N2CCOCC2)s1. The minimum atomic E-state index is -0.0748. The van der Waals surface area contributed by atoms with Gasteiger partial charge in [0, 0.05) is 31.7 Å². The van der Waals surface area contributed by atoms with Crippen molar-refractivity contribution in [1.29, 1.82) is 0 Å². The molecule has 0 spiro atoms. The largest absolute Gasteiger partial charge is 0.379 e. The molecule has 24 heavy (non-hydrogen) atoms. The van der Waals surface area contributed by atoms with Gasteiger partial charge in [-0.2, -0.15) is 0 Å². The second kappa shape index (κ2) is 9.36. The van der Waals surface area contributed by atoms with Gasteiger partial charge in [0.25, 0.3) is 0 Å². The molecule has 1 aliphatic rings. The van der Waals surface area contributed by atoms with Crippen molar-refractivity contribution in [3.8, 4) is 0 Å². The van der Waals surface area contributed by atoms with Gasteiger partial charge in [0.05, 0.1) is 19.0 Å². The number of hydrogen-bond donors (Lipinski definition) is 2. The molecule has 2 heterocycles. The summed E-state index contributed by atoms with van der Waals surface area (Å²) in [6.07, 6.45) is 1.76. The van der Waals surface area contributed by atoms with Gasteiger partial charge >= 0.3 is 0 Å². The Hall–Kier alpha value is -1.16. The number of carbonyl (C=O) groups excluding carboxylic acids is 1. The van der Waals surface area contributed by atoms with Gasteiger partial charge < -0.3 is 15.4 Å². The quantitative estimate of drug-likeness (QED) is 0.502. The van der Waals surface area contributed by atoms with Gasteiger partial charge in [0.15, 0.2) is 4.34 Å². The third kappa shape index (κ3) is 6.04. The van der Waals surface area contributed by atoms with Gasteiger partial charge in [-0.3, -0.25) is 9.69 Å². The average molecular weight is 372 g/mol. The minimum absolute atomic E-state index is 0.0112. The number of thioether (sulfide) groups is 1. The summed E-state index contributed by atoms with van der Waals surface area (Å²) in [5.41, 5.74) is -0.0748. The number of morpholine rings is 1. The summed E-state index contributed by atoms with van der Waals surface area (Å²) in [6.45, 7) is 12.5. The Morgan fingerprint density at radius 2 is 2.21 bits per heavy atom. The number of anilines is 1. The first-order valence-electron chi connectivity index (χ1n) is 7.92. The van der Waals surface area contributed by atoms with E-state index in [-0.39, 0.29) is 11.4 Å². The number of nitrogens with one attached hydrogen (secondary N) is 2. The van der Waals surface area contributed by atoms with Crippen molar-refractivity contribution in [2.24, 2.45) is 0 Å². The zero-order chi connectivity index (χ0) is 17.4. The maximum absolute atomic E-state index is 12.1. The Labute approximate surface area is 151 Å². The molecule has 0 atom stereocenters. The van der Waals surface area contributed by atoms with E-state index in [2.05, 4.69) is 46.2 Å². The molecule has 2 rings (SSSR count). The van der Waals surface area contributed by atoms with Gasteiger partial charge in [-0.1, -0.05) is 29.2 Å². The van der Waals surface area contributed by atoms with E-state index in [0.717, 1.165) is 35.8 Å². The molecule has 0 bridgehead atoms. The van der Waals surface area contributed by atoms with E-state index in [0.29, 0.717) is 18.8 Å². The molecule has 7 nitrogen and oxygen atoms in total. The lowest BCUT2D eigenvalue weighted by Gasteiger charge is -2.40. The van der Waals surface area contributed by atoms with Crippen LogP contribution in [-0.2, 0) is 9.53 Å². The molecule has 1 aromatic heterocycles. The number of nitrogens with zero attached hydrogens (tertiary/aromatic N) is 3. The molecule has 1 aromatic rings. The van der Waals surface area contributed by atoms with Crippen LogP contribution in [-0.4, -0.2) is 71.7 Å². The van der Waals surface area contributed by atoms with E-state index in [1.54, 1.807) is 6.08 Å². The molecule has 0 aromatic carbocycles. The lowest BCUT2D eigenvalue weighted by atomic mass is 10.0. The van der Waals surface area contributed by atoms with Crippen LogP contribution in [0.2, 0.25) is 0 Å². The molecule has 1 amide bonds. The van der Waals surface area contributed by atoms with E-state index in [4.69, 9.17) is 4.74 Å². The minimum Gasteiger partial charge on any atom is -0.379 e. The van der Waals surface area contributed by atoms with Crippen molar-refractivity contribution in [2.45, 2.75) is 23.7 Å². The van der Waals surface area contributed by atoms with Crippen LogP contribution in [0.15, 0.2) is 17.0 Å². The molecule has 0 unspecified atom stereocenters. The van der Waals surface area contributed by atoms with Gasteiger partial charge in [-0.25, -0.2) is 0 Å². The molecule has 1 aliphatic heterocycles. The first kappa shape index (κ1) is 19.2. The predicted molar refractivity (Wildman–Crippen MR) is 98.8 cm³/mol. The van der Waals surface area contributed by atoms with Crippen molar-refractivity contribution >= 4 is 34.1 Å². The Bertz CT molecular complexity index is 544. The molecule has 0 aliphatic carbocycles. The highest BCUT2D eigenvalue weighted by Crippen LogP contribution is 2.25. The topological polar surface area (TPSA) is 79.4 Å². The highest BCUT2D eigenvalue weighted by molar-refractivity contribution is 8.01. The molecule has 134 valence electrons. The van der Waals surface area contributed by atoms with Crippen LogP contribution >= 0.6 is 23.1 Å². The van der Waals surface area contributed by atoms with Crippen molar-refractivity contribution in [1.82, 2.24) is 20.4 Å². The van der Waals surface area contributed by atoms with E-state index in [1.165, 1.54) is 23.1 Å². The first-order chi connectivity index (χ1) is 11.5. The zero-order valence-electron chi connectivity index (χ0n) is 14.2. The van der Waals surface area contributed by atoms with E-state index >= 15 is 0 Å². The normalized spacial score (nSPS) is 15.9. The predicted octanol–water partition coefficient (Wildman–Crippen LogP) is 1.46. The Morgan fingerprint density at radius 1 is 1.46 bits per heavy atom. The second-order valence-electron chi connectivity index (χ2n) is 6.02. The van der Waals surface area contributed by atoms with Gasteiger partial charge in [-0.15, -0.1) is 16.8 Å². The first-order valence-corrected chi connectivity index (χ1v) is 9.72. The van der Waals surface area contributed by atoms with Crippen LogP contribution in [0.5, 0.6) is 0 Å². The zero-order valence-corrected chi connectivity index (χ0v) is 15.8. The third-order valence-corrected chi connectivity index (χ3v) is 5.73. The summed E-state index contributed by atoms with van der Waals surface area (Å²) < 4.78 is 6.16. The van der Waals surface area contributed by atoms with Crippen LogP contribution < -0.4 is 10.6 Å². The highest BCUT2D eigenvalue weighted by Gasteiger charge is 2.28. The van der Waals surface area contributed by atoms with Gasteiger partial charge in [-0.05, 0) is 13.8 Å². The van der Waals surface area contributed by atoms with Gasteiger partial charge in [0.1, 0.15) is 0 Å². The molecular formula is C15H25N5O2S2. The molecule has 9 heteroatoms. The van der Waals surface area contributed by atoms with Crippen LogP contribution in [0.25, 0.3) is 0 Å². The number of amides is 1. The molecule has 0 radical (unpaired) electrons. The Kier molecular flexibility index (Phi) is 7.47. The number of ether oxygens (including phenoxy) is 1. The smallest absolute Gasteiger partial charge is 0.230 e. The Morgan fingerprint density at radius 3 is 2.92 bits per heavy atom. The average Bonchev–Trinajstić information content (AvgIpc) is 3.05. The van der Waals surface area contributed by atoms with Gasteiger partial charge in [0.2, 0.25) is 11.0 Å². The van der Waals surface area contributed by atoms with Crippen LogP contribution in [0, 0.1) is 0 Å². The van der Waals surface area contributed by atoms with Crippen molar-refractivity contribution in [2.75, 3.05) is 50.5 Å². The lowest BCUT2D eigenvalue weighted by Crippen LogP contribution is -2.55. The van der Waals surface area contributed by atoms with Crippen LogP contribution in [0.1, 0.15) is 13.8 Å². The fraction of sp³-hybridized carbons (Fsp3) is 0.667. The van der Waals surface area contributed by atoms with Crippen molar-refractivity contribution in [3.63, 3.8) is 0 Å². The number of carbonyl (C=O) groups is 1. The maximum Gasteiger partial charge on any atom is 0.230 e. The summed E-state index contributed by atoms with van der Waals surface area (Å²) >= 11 is 2.84. The van der Waals surface area contributed by atoms with Crippen LogP contribution in [0.3, 0.4) is 0 Å². The van der Waals surface area contributed by atoms with Crippen LogP contribution in [0.4, 0.5) is 5.13 Å². The van der Waals surface area contributed by atoms with E-state index in [9.17, 15) is 4.79 Å². The van der Waals surface area contributed by atoms with Crippen molar-refractivity contribution < 1.29 is 9.53 Å². The Balaban J connectivity index is 1.70. The third-order valence-electron chi connectivity index (χ3n) is 3.72. The molecule has 1 fully saturated rings. The molecule has 0 saturated carbocycles. The summed E-state index contributed by atoms with van der Waals surface area (Å²) in [5, 5.41) is 14.9. The van der Waals surface area contributed by atoms with Crippen molar-refractivity contribution in [3.05, 3.63) is 12.7 Å². The fourth-order valence-electron chi connectivity index (χ4n) is 2.27. The summed E-state index contributed by atoms with van der Waals surface area (Å²) in [5.74, 6) is 0.354. The fourth-order valence-corrected chi connectivity index (χ4v) is 3.86. The van der Waals surface area contributed by atoms with E-state index < -0.39 is 0 Å². The summed E-state index contributed by atoms with van der Waals surface area (Å²) in [4.78, 5) is 14.4. The number of aromatic nitrogens is 2. The maximum atomic E-state index is 12.1. The lowest BCUT2D eigenvalue weighted by molar-refractivity contribution is -0.119. The van der Waals surface area contributed by atoms with E-state index in [1.807, 2.05) is 0 Å². The monoisotopic (exact) mass is 371 g/mol. The number of hydrogen-bond acceptors (Lipinski definition) is 8. The number of rotatable bonds is 9. The molecular weight excluding hydrogens is 346 g/mol. The standard InChI is InChI=1S/C15H25N5O2S2/c1-4-5-16-13-18-19-14(24-13)23-10-12(21)17-11-15(2,3)20-6-8-22-9-7-20/h4H,1,5-11H2,2-3H3,(H,16,18)(H,17,21). The molecule has 1 saturated heterocycles. The highest BCUT2D eigenvalue weighted by atomic mass is 32.2. The second-order valence-corrected chi connectivity index (χ2v) is 8.22. The molecule has 2 N–H and O–H groups in total.